The van der Waals surface area contributed by atoms with Crippen LogP contribution in [-0.4, -0.2) is 32.1 Å². The molecular formula is C24H26F2N2O5. The van der Waals surface area contributed by atoms with Crippen LogP contribution in [-0.2, 0) is 13.1 Å². The van der Waals surface area contributed by atoms with Crippen molar-refractivity contribution in [2.45, 2.75) is 58.7 Å². The summed E-state index contributed by atoms with van der Waals surface area (Å²) in [5.74, 6) is -3.91. The Bertz CT molecular complexity index is 1240. The number of pyridine rings is 1. The maximum atomic E-state index is 13.9. The lowest BCUT2D eigenvalue weighted by molar-refractivity contribution is -0.179. The van der Waals surface area contributed by atoms with Crippen molar-refractivity contribution in [2.24, 2.45) is 10.8 Å². The zero-order valence-electron chi connectivity index (χ0n) is 18.7. The molecule has 1 saturated carbocycles. The van der Waals surface area contributed by atoms with Crippen molar-refractivity contribution in [1.82, 2.24) is 9.88 Å². The van der Waals surface area contributed by atoms with Crippen molar-refractivity contribution in [1.29, 1.82) is 0 Å². The number of benzene rings is 1. The summed E-state index contributed by atoms with van der Waals surface area (Å²) in [6.45, 7) is 4.99. The van der Waals surface area contributed by atoms with Gasteiger partial charge in [0.25, 0.3) is 5.91 Å². The van der Waals surface area contributed by atoms with Crippen LogP contribution in [0.5, 0.6) is 5.75 Å². The summed E-state index contributed by atoms with van der Waals surface area (Å²) in [7, 11) is 0. The third-order valence-corrected chi connectivity index (χ3v) is 7.58. The molecule has 176 valence electrons. The maximum absolute atomic E-state index is 13.9. The molecule has 0 radical (unpaired) electrons. The van der Waals surface area contributed by atoms with Gasteiger partial charge in [-0.05, 0) is 31.2 Å². The molecule has 2 heterocycles. The Kier molecular flexibility index (Phi) is 5.24. The van der Waals surface area contributed by atoms with Crippen LogP contribution >= 0.6 is 0 Å². The quantitative estimate of drug-likeness (QED) is 0.653. The number of fused-ring (bicyclic) bond motifs is 2. The molecule has 1 aromatic carbocycles. The van der Waals surface area contributed by atoms with Gasteiger partial charge < -0.3 is 20.1 Å². The molecule has 1 fully saturated rings. The van der Waals surface area contributed by atoms with Gasteiger partial charge in [-0.2, -0.15) is 0 Å². The zero-order chi connectivity index (χ0) is 24.3. The Morgan fingerprint density at radius 2 is 1.88 bits per heavy atom. The fraction of sp³-hybridized carbons (Fsp3) is 0.458. The minimum absolute atomic E-state index is 0.0104. The van der Waals surface area contributed by atoms with Crippen molar-refractivity contribution in [3.8, 4) is 5.75 Å². The monoisotopic (exact) mass is 460 g/mol. The molecule has 0 spiro atoms. The maximum Gasteiger partial charge on any atom is 0.257 e. The van der Waals surface area contributed by atoms with Gasteiger partial charge >= 0.3 is 0 Å². The van der Waals surface area contributed by atoms with Crippen molar-refractivity contribution in [3.05, 3.63) is 63.1 Å². The van der Waals surface area contributed by atoms with Gasteiger partial charge in [-0.15, -0.1) is 0 Å². The van der Waals surface area contributed by atoms with E-state index in [1.165, 1.54) is 10.6 Å². The first kappa shape index (κ1) is 23.1. The molecule has 0 bridgehead atoms. The van der Waals surface area contributed by atoms with Gasteiger partial charge in [0.05, 0.1) is 12.0 Å². The van der Waals surface area contributed by atoms with Crippen LogP contribution < -0.4 is 10.7 Å². The number of hydrogen-bond donors (Lipinski definition) is 3. The largest absolute Gasteiger partial charge is 0.503 e. The lowest BCUT2D eigenvalue weighted by Gasteiger charge is -2.59. The standard InChI is InChI=1S/C24H26F2N2O5/c1-22(2)7-4-8-23(3)20(31)17-19(30)18(29)15(11-28(17)12-24(22,23)33)21(32)27-10-13-5-6-14(25)9-16(13)26/h5-6,9,11,30,33H,4,7-8,10,12H2,1-3H3,(H,27,32)/t23-,24+/m1/s1. The molecule has 2 aromatic rings. The molecule has 1 aliphatic carbocycles. The molecule has 9 heteroatoms. The van der Waals surface area contributed by atoms with Crippen molar-refractivity contribution in [2.75, 3.05) is 0 Å². The predicted molar refractivity (Wildman–Crippen MR) is 115 cm³/mol. The first-order valence-electron chi connectivity index (χ1n) is 10.8. The summed E-state index contributed by atoms with van der Waals surface area (Å²) in [5, 5.41) is 24.7. The molecule has 1 amide bonds. The van der Waals surface area contributed by atoms with E-state index in [0.29, 0.717) is 25.3 Å². The van der Waals surface area contributed by atoms with Crippen LogP contribution in [0.1, 0.15) is 66.4 Å². The van der Waals surface area contributed by atoms with Crippen LogP contribution in [0.15, 0.2) is 29.2 Å². The first-order chi connectivity index (χ1) is 15.3. The zero-order valence-corrected chi connectivity index (χ0v) is 18.7. The van der Waals surface area contributed by atoms with E-state index in [1.54, 1.807) is 6.92 Å². The predicted octanol–water partition coefficient (Wildman–Crippen LogP) is 2.91. The lowest BCUT2D eigenvalue weighted by atomic mass is 9.50. The van der Waals surface area contributed by atoms with E-state index in [2.05, 4.69) is 5.32 Å². The number of carbonyl (C=O) groups excluding carboxylic acids is 2. The Hall–Kier alpha value is -3.07. The van der Waals surface area contributed by atoms with Crippen molar-refractivity contribution < 1.29 is 28.6 Å². The second-order valence-electron chi connectivity index (χ2n) is 9.87. The van der Waals surface area contributed by atoms with E-state index in [4.69, 9.17) is 0 Å². The fourth-order valence-corrected chi connectivity index (χ4v) is 5.35. The highest BCUT2D eigenvalue weighted by atomic mass is 19.1. The number of carbonyl (C=O) groups is 2. The van der Waals surface area contributed by atoms with Crippen molar-refractivity contribution in [3.63, 3.8) is 0 Å². The third kappa shape index (κ3) is 3.28. The smallest absolute Gasteiger partial charge is 0.257 e. The number of rotatable bonds is 3. The molecule has 1 aliphatic heterocycles. The van der Waals surface area contributed by atoms with Gasteiger partial charge in [0, 0.05) is 24.4 Å². The van der Waals surface area contributed by atoms with Crippen LogP contribution in [0.3, 0.4) is 0 Å². The minimum atomic E-state index is -1.46. The number of hydrogen-bond acceptors (Lipinski definition) is 5. The molecule has 4 rings (SSSR count). The summed E-state index contributed by atoms with van der Waals surface area (Å²) >= 11 is 0. The van der Waals surface area contributed by atoms with E-state index in [0.717, 1.165) is 12.3 Å². The molecule has 1 aromatic heterocycles. The Morgan fingerprint density at radius 3 is 2.55 bits per heavy atom. The van der Waals surface area contributed by atoms with E-state index in [1.807, 2.05) is 13.8 Å². The number of Topliss-reactive ketones (excluding diaryl/α,β-unsaturated/α-hetero) is 1. The number of nitrogens with one attached hydrogen (secondary N) is 1. The molecule has 0 unspecified atom stereocenters. The van der Waals surface area contributed by atoms with Gasteiger partial charge in [-0.3, -0.25) is 14.4 Å². The molecule has 2 aliphatic rings. The number of aromatic hydroxyl groups is 1. The first-order valence-corrected chi connectivity index (χ1v) is 10.8. The van der Waals surface area contributed by atoms with Gasteiger partial charge in [-0.1, -0.05) is 26.3 Å². The summed E-state index contributed by atoms with van der Waals surface area (Å²) in [5.41, 5.74) is -4.99. The second kappa shape index (κ2) is 7.48. The van der Waals surface area contributed by atoms with Crippen LogP contribution in [0.4, 0.5) is 8.78 Å². The SMILES string of the molecule is CC1(C)CCC[C@]2(C)C(=O)c3c(O)c(=O)c(C(=O)NCc4ccc(F)cc4F)cn3C[C@]12O. The van der Waals surface area contributed by atoms with E-state index in [9.17, 15) is 33.4 Å². The number of aromatic nitrogens is 1. The molecule has 2 atom stereocenters. The highest BCUT2D eigenvalue weighted by Crippen LogP contribution is 2.58. The fourth-order valence-electron chi connectivity index (χ4n) is 5.35. The van der Waals surface area contributed by atoms with Gasteiger partial charge in [0.1, 0.15) is 28.5 Å². The molecule has 3 N–H and O–H groups in total. The van der Waals surface area contributed by atoms with Gasteiger partial charge in [-0.25, -0.2) is 8.78 Å². The van der Waals surface area contributed by atoms with E-state index >= 15 is 0 Å². The Balaban J connectivity index is 1.72. The molecule has 33 heavy (non-hydrogen) atoms. The summed E-state index contributed by atoms with van der Waals surface area (Å²) < 4.78 is 28.2. The second-order valence-corrected chi connectivity index (χ2v) is 9.87. The Morgan fingerprint density at radius 1 is 1.18 bits per heavy atom. The van der Waals surface area contributed by atoms with Crippen LogP contribution in [0.25, 0.3) is 0 Å². The van der Waals surface area contributed by atoms with Gasteiger partial charge in [0.15, 0.2) is 11.5 Å². The molecular weight excluding hydrogens is 434 g/mol. The number of ketones is 1. The highest BCUT2D eigenvalue weighted by molar-refractivity contribution is 6.04. The average molecular weight is 460 g/mol. The topological polar surface area (TPSA) is 109 Å². The molecule has 0 saturated heterocycles. The minimum Gasteiger partial charge on any atom is -0.503 e. The van der Waals surface area contributed by atoms with E-state index < -0.39 is 56.5 Å². The lowest BCUT2D eigenvalue weighted by Crippen LogP contribution is -2.67. The average Bonchev–Trinajstić information content (AvgIpc) is 2.73. The van der Waals surface area contributed by atoms with Crippen LogP contribution in [0.2, 0.25) is 0 Å². The number of aliphatic hydroxyl groups is 1. The Labute approximate surface area is 189 Å². The number of halogens is 2. The van der Waals surface area contributed by atoms with Crippen LogP contribution in [0, 0.1) is 22.5 Å². The summed E-state index contributed by atoms with van der Waals surface area (Å²) in [4.78, 5) is 38.9. The number of amides is 1. The van der Waals surface area contributed by atoms with Crippen molar-refractivity contribution >= 4 is 11.7 Å². The van der Waals surface area contributed by atoms with Gasteiger partial charge in [0.2, 0.25) is 5.43 Å². The normalized spacial score (nSPS) is 25.8. The molecule has 7 nitrogen and oxygen atoms in total. The number of nitrogens with zero attached hydrogens (tertiary/aromatic N) is 1. The highest BCUT2D eigenvalue weighted by Gasteiger charge is 2.64. The summed E-state index contributed by atoms with van der Waals surface area (Å²) in [6.07, 6.45) is 2.95. The third-order valence-electron chi connectivity index (χ3n) is 7.58. The summed E-state index contributed by atoms with van der Waals surface area (Å²) in [6, 6.07) is 2.89. The van der Waals surface area contributed by atoms with E-state index in [-0.39, 0.29) is 24.3 Å².